The molecule has 3 nitrogen and oxygen atoms in total. The monoisotopic (exact) mass is 334 g/mol. The highest BCUT2D eigenvalue weighted by Crippen LogP contribution is 2.39. The molecule has 0 aromatic carbocycles. The Bertz CT molecular complexity index is 260. The van der Waals surface area contributed by atoms with E-state index in [0.29, 0.717) is 0 Å². The van der Waals surface area contributed by atoms with Crippen LogP contribution in [0, 0.1) is 5.92 Å². The largest absolute Gasteiger partial charge is 0.325 e. The minimum Gasteiger partial charge on any atom is -0.324 e. The van der Waals surface area contributed by atoms with Crippen LogP contribution in [0.3, 0.4) is 0 Å². The van der Waals surface area contributed by atoms with E-state index < -0.39 is 7.60 Å². The van der Waals surface area contributed by atoms with Crippen LogP contribution < -0.4 is 0 Å². The number of hydrogen-bond donors (Lipinski definition) is 2. The lowest BCUT2D eigenvalue weighted by Crippen LogP contribution is -2.07. The Labute approximate surface area is 138 Å². The van der Waals surface area contributed by atoms with Crippen molar-refractivity contribution in [3.8, 4) is 0 Å². The van der Waals surface area contributed by atoms with Crippen molar-refractivity contribution in [3.63, 3.8) is 0 Å². The van der Waals surface area contributed by atoms with Crippen LogP contribution in [0.2, 0.25) is 0 Å². The van der Waals surface area contributed by atoms with Crippen LogP contribution in [0.25, 0.3) is 0 Å². The van der Waals surface area contributed by atoms with E-state index in [9.17, 15) is 14.4 Å². The van der Waals surface area contributed by atoms with Gasteiger partial charge in [0.2, 0.25) is 0 Å². The minimum atomic E-state index is -3.85. The van der Waals surface area contributed by atoms with E-state index in [0.717, 1.165) is 25.7 Å². The molecule has 0 heterocycles. The second-order valence-corrected chi connectivity index (χ2v) is 8.52. The van der Waals surface area contributed by atoms with Crippen molar-refractivity contribution in [3.05, 3.63) is 0 Å². The minimum absolute atomic E-state index is 0.0942. The topological polar surface area (TPSA) is 57.5 Å². The maximum absolute atomic E-state index is 11.3. The van der Waals surface area contributed by atoms with Crippen molar-refractivity contribution in [2.45, 2.75) is 104 Å². The summed E-state index contributed by atoms with van der Waals surface area (Å²) in [6, 6.07) is 0. The first-order valence-electron chi connectivity index (χ1n) is 9.54. The van der Waals surface area contributed by atoms with E-state index >= 15 is 0 Å². The summed E-state index contributed by atoms with van der Waals surface area (Å²) in [6.45, 7) is 4.44. The zero-order valence-corrected chi connectivity index (χ0v) is 15.8. The van der Waals surface area contributed by atoms with Gasteiger partial charge in [0, 0.05) is 0 Å². The van der Waals surface area contributed by atoms with E-state index in [1.165, 1.54) is 64.2 Å². The molecule has 4 heteroatoms. The van der Waals surface area contributed by atoms with Crippen molar-refractivity contribution in [2.75, 3.05) is 6.16 Å². The number of unbranched alkanes of at least 4 members (excludes halogenated alkanes) is 10. The summed E-state index contributed by atoms with van der Waals surface area (Å²) in [5.41, 5.74) is 0. The molecular weight excluding hydrogens is 295 g/mol. The van der Waals surface area contributed by atoms with E-state index in [1.54, 1.807) is 0 Å². The highest BCUT2D eigenvalue weighted by molar-refractivity contribution is 7.51. The van der Waals surface area contributed by atoms with Crippen LogP contribution in [-0.2, 0) is 4.57 Å². The molecule has 0 aliphatic heterocycles. The van der Waals surface area contributed by atoms with Gasteiger partial charge in [-0.25, -0.2) is 0 Å². The molecule has 0 saturated heterocycles. The van der Waals surface area contributed by atoms with Crippen molar-refractivity contribution >= 4 is 7.60 Å². The third-order valence-corrected chi connectivity index (χ3v) is 5.42. The lowest BCUT2D eigenvalue weighted by molar-refractivity contribution is 0.347. The fourth-order valence-corrected chi connectivity index (χ4v) is 4.13. The number of hydrogen-bond acceptors (Lipinski definition) is 1. The quantitative estimate of drug-likeness (QED) is 0.258. The Balaban J connectivity index is 3.83. The molecule has 2 N–H and O–H groups in total. The normalized spacial score (nSPS) is 12.2. The van der Waals surface area contributed by atoms with Gasteiger partial charge in [0.05, 0.1) is 6.16 Å². The first kappa shape index (κ1) is 22.1. The van der Waals surface area contributed by atoms with Gasteiger partial charge >= 0.3 is 7.60 Å². The SMILES string of the molecule is CCCCCCCCC(CCCCCCCC)CP(=O)(O)O. The van der Waals surface area contributed by atoms with E-state index in [-0.39, 0.29) is 12.1 Å². The lowest BCUT2D eigenvalue weighted by Gasteiger charge is -2.17. The maximum Gasteiger partial charge on any atom is 0.325 e. The predicted molar refractivity (Wildman–Crippen MR) is 96.4 cm³/mol. The second-order valence-electron chi connectivity index (χ2n) is 6.83. The average Bonchev–Trinajstić information content (AvgIpc) is 2.44. The second kappa shape index (κ2) is 14.7. The van der Waals surface area contributed by atoms with Crippen LogP contribution in [0.5, 0.6) is 0 Å². The molecule has 22 heavy (non-hydrogen) atoms. The first-order valence-corrected chi connectivity index (χ1v) is 11.3. The smallest absolute Gasteiger partial charge is 0.324 e. The molecule has 0 bridgehead atoms. The molecule has 0 radical (unpaired) electrons. The average molecular weight is 334 g/mol. The summed E-state index contributed by atoms with van der Waals surface area (Å²) >= 11 is 0. The Kier molecular flexibility index (Phi) is 14.8. The lowest BCUT2D eigenvalue weighted by atomic mass is 9.95. The van der Waals surface area contributed by atoms with Crippen LogP contribution in [-0.4, -0.2) is 15.9 Å². The van der Waals surface area contributed by atoms with Gasteiger partial charge in [-0.15, -0.1) is 0 Å². The summed E-state index contributed by atoms with van der Waals surface area (Å²) < 4.78 is 11.3. The van der Waals surface area contributed by atoms with Crippen molar-refractivity contribution in [1.29, 1.82) is 0 Å². The van der Waals surface area contributed by atoms with E-state index in [1.807, 2.05) is 0 Å². The summed E-state index contributed by atoms with van der Waals surface area (Å²) in [6.07, 6.45) is 17.1. The summed E-state index contributed by atoms with van der Waals surface area (Å²) in [5, 5.41) is 0. The molecule has 0 fully saturated rings. The standard InChI is InChI=1S/C18H39O3P/c1-3-5-7-9-11-13-15-18(17-22(19,20)21)16-14-12-10-8-6-4-2/h18H,3-17H2,1-2H3,(H2,19,20,21). The van der Waals surface area contributed by atoms with Crippen LogP contribution in [0.1, 0.15) is 104 Å². The van der Waals surface area contributed by atoms with Gasteiger partial charge in [0.25, 0.3) is 0 Å². The molecule has 0 aromatic rings. The fraction of sp³-hybridized carbons (Fsp3) is 1.00. The summed E-state index contributed by atoms with van der Waals surface area (Å²) in [4.78, 5) is 18.5. The highest BCUT2D eigenvalue weighted by atomic mass is 31.2. The molecule has 0 atom stereocenters. The Morgan fingerprint density at radius 3 is 1.41 bits per heavy atom. The third kappa shape index (κ3) is 16.5. The molecule has 134 valence electrons. The molecule has 0 aromatic heterocycles. The molecule has 0 saturated carbocycles. The molecule has 0 aliphatic rings. The van der Waals surface area contributed by atoms with E-state index in [2.05, 4.69) is 13.8 Å². The predicted octanol–water partition coefficient (Wildman–Crippen LogP) is 6.28. The maximum atomic E-state index is 11.3. The van der Waals surface area contributed by atoms with E-state index in [4.69, 9.17) is 0 Å². The van der Waals surface area contributed by atoms with Crippen LogP contribution in [0.4, 0.5) is 0 Å². The van der Waals surface area contributed by atoms with Gasteiger partial charge in [-0.2, -0.15) is 0 Å². The van der Waals surface area contributed by atoms with Crippen LogP contribution in [0.15, 0.2) is 0 Å². The van der Waals surface area contributed by atoms with Gasteiger partial charge in [0.15, 0.2) is 0 Å². The summed E-state index contributed by atoms with van der Waals surface area (Å²) in [7, 11) is -3.85. The first-order chi connectivity index (χ1) is 10.5. The van der Waals surface area contributed by atoms with Crippen molar-refractivity contribution in [2.24, 2.45) is 5.92 Å². The molecular formula is C18H39O3P. The zero-order valence-electron chi connectivity index (χ0n) is 14.9. The van der Waals surface area contributed by atoms with Crippen molar-refractivity contribution < 1.29 is 14.4 Å². The van der Waals surface area contributed by atoms with Crippen molar-refractivity contribution in [1.82, 2.24) is 0 Å². The molecule has 0 amide bonds. The van der Waals surface area contributed by atoms with Gasteiger partial charge in [-0.3, -0.25) is 4.57 Å². The highest BCUT2D eigenvalue weighted by Gasteiger charge is 2.20. The molecule has 0 aliphatic carbocycles. The zero-order chi connectivity index (χ0) is 16.7. The molecule has 0 rings (SSSR count). The van der Waals surface area contributed by atoms with Gasteiger partial charge in [-0.05, 0) is 18.8 Å². The van der Waals surface area contributed by atoms with Gasteiger partial charge in [0.1, 0.15) is 0 Å². The molecule has 0 unspecified atom stereocenters. The summed E-state index contributed by atoms with van der Waals surface area (Å²) in [5.74, 6) is 0.221. The van der Waals surface area contributed by atoms with Gasteiger partial charge in [-0.1, -0.05) is 90.9 Å². The van der Waals surface area contributed by atoms with Gasteiger partial charge < -0.3 is 9.79 Å². The van der Waals surface area contributed by atoms with Crippen LogP contribution >= 0.6 is 7.60 Å². The Morgan fingerprint density at radius 2 is 1.05 bits per heavy atom. The Hall–Kier alpha value is 0.150. The number of rotatable bonds is 16. The third-order valence-electron chi connectivity index (χ3n) is 4.43. The molecule has 0 spiro atoms. The fourth-order valence-electron chi connectivity index (χ4n) is 3.09. The Morgan fingerprint density at radius 1 is 0.682 bits per heavy atom.